The fraction of sp³-hybridized carbons (Fsp3) is 0.360. The van der Waals surface area contributed by atoms with E-state index in [4.69, 9.17) is 4.52 Å². The number of benzene rings is 1. The third kappa shape index (κ3) is 4.81. The van der Waals surface area contributed by atoms with E-state index < -0.39 is 11.8 Å². The van der Waals surface area contributed by atoms with Gasteiger partial charge in [-0.3, -0.25) is 10.2 Å². The van der Waals surface area contributed by atoms with E-state index in [-0.39, 0.29) is 29.6 Å². The van der Waals surface area contributed by atoms with Gasteiger partial charge in [0.05, 0.1) is 29.3 Å². The van der Waals surface area contributed by atoms with Crippen molar-refractivity contribution < 1.29 is 18.5 Å². The van der Waals surface area contributed by atoms with Crippen LogP contribution < -0.4 is 26.2 Å². The summed E-state index contributed by atoms with van der Waals surface area (Å²) in [5.41, 5.74) is 3.81. The minimum absolute atomic E-state index is 0.0832. The van der Waals surface area contributed by atoms with Gasteiger partial charge in [-0.25, -0.2) is 19.0 Å². The molecule has 2 aromatic heterocycles. The molecule has 0 unspecified atom stereocenters. The Balaban J connectivity index is 1.57. The topological polar surface area (TPSA) is 124 Å². The first-order chi connectivity index (χ1) is 17.0. The van der Waals surface area contributed by atoms with Crippen LogP contribution in [0.15, 0.2) is 28.9 Å². The number of pyridine rings is 1. The molecular formula is C25H30FN7O3. The van der Waals surface area contributed by atoms with Crippen LogP contribution in [0.3, 0.4) is 0 Å². The molecule has 0 bridgehead atoms. The molecule has 0 atom stereocenters. The number of nitrogens with one attached hydrogen (secondary N) is 4. The molecule has 36 heavy (non-hydrogen) atoms. The molecule has 190 valence electrons. The molecule has 1 aromatic carbocycles. The van der Waals surface area contributed by atoms with E-state index in [1.807, 2.05) is 27.7 Å². The largest absolute Gasteiger partial charge is 0.373 e. The molecule has 0 saturated heterocycles. The van der Waals surface area contributed by atoms with Crippen LogP contribution in [0.5, 0.6) is 0 Å². The number of nitrogens with zero attached hydrogens (tertiary/aromatic N) is 3. The zero-order chi connectivity index (χ0) is 26.2. The molecular weight excluding hydrogens is 465 g/mol. The second-order valence-electron chi connectivity index (χ2n) is 9.63. The molecule has 3 aromatic rings. The quantitative estimate of drug-likeness (QED) is 0.364. The van der Waals surface area contributed by atoms with Gasteiger partial charge in [-0.05, 0) is 31.0 Å². The van der Waals surface area contributed by atoms with Crippen molar-refractivity contribution in [3.8, 4) is 0 Å². The molecule has 1 aliphatic heterocycles. The Kier molecular flexibility index (Phi) is 6.57. The monoisotopic (exact) mass is 495 g/mol. The molecule has 11 heteroatoms. The van der Waals surface area contributed by atoms with E-state index >= 15 is 0 Å². The number of hydrogen-bond acceptors (Lipinski definition) is 6. The normalized spacial score (nSPS) is 13.2. The van der Waals surface area contributed by atoms with Crippen molar-refractivity contribution in [2.24, 2.45) is 0 Å². The van der Waals surface area contributed by atoms with Gasteiger partial charge in [-0.2, -0.15) is 0 Å². The number of aromatic nitrogens is 2. The second kappa shape index (κ2) is 9.48. The Morgan fingerprint density at radius 3 is 2.64 bits per heavy atom. The summed E-state index contributed by atoms with van der Waals surface area (Å²) in [4.78, 5) is 31.6. The van der Waals surface area contributed by atoms with Crippen LogP contribution in [0, 0.1) is 12.7 Å². The summed E-state index contributed by atoms with van der Waals surface area (Å²) in [5.74, 6) is 0.213. The maximum absolute atomic E-state index is 14.8. The van der Waals surface area contributed by atoms with Gasteiger partial charge in [-0.15, -0.1) is 0 Å². The minimum atomic E-state index is -0.704. The Hall–Kier alpha value is -4.15. The van der Waals surface area contributed by atoms with E-state index in [2.05, 4.69) is 31.4 Å². The number of carbonyl (C=O) groups excluding carboxylic acids is 2. The number of hydrogen-bond donors (Lipinski definition) is 4. The summed E-state index contributed by atoms with van der Waals surface area (Å²) in [6.45, 7) is 9.83. The number of aryl methyl sites for hydroxylation is 1. The molecule has 0 fully saturated rings. The van der Waals surface area contributed by atoms with Crippen molar-refractivity contribution in [3.05, 3.63) is 52.6 Å². The molecule has 0 aliphatic carbocycles. The van der Waals surface area contributed by atoms with Gasteiger partial charge >= 0.3 is 12.1 Å². The summed E-state index contributed by atoms with van der Waals surface area (Å²) in [5, 5.41) is 14.9. The van der Waals surface area contributed by atoms with Crippen molar-refractivity contribution in [2.45, 2.75) is 53.0 Å². The Bertz CT molecular complexity index is 1330. The van der Waals surface area contributed by atoms with E-state index in [1.165, 1.54) is 17.0 Å². The van der Waals surface area contributed by atoms with Crippen LogP contribution in [0.25, 0.3) is 0 Å². The minimum Gasteiger partial charge on any atom is -0.373 e. The second-order valence-corrected chi connectivity index (χ2v) is 9.63. The first-order valence-electron chi connectivity index (χ1n) is 11.6. The fourth-order valence-corrected chi connectivity index (χ4v) is 4.04. The lowest BCUT2D eigenvalue weighted by Crippen LogP contribution is -2.40. The lowest BCUT2D eigenvalue weighted by Gasteiger charge is -2.32. The molecule has 10 nitrogen and oxygen atoms in total. The van der Waals surface area contributed by atoms with Crippen LogP contribution in [-0.4, -0.2) is 29.3 Å². The zero-order valence-corrected chi connectivity index (χ0v) is 21.2. The lowest BCUT2D eigenvalue weighted by atomic mass is 9.92. The highest BCUT2D eigenvalue weighted by molar-refractivity contribution is 6.06. The maximum atomic E-state index is 14.8. The van der Waals surface area contributed by atoms with Crippen molar-refractivity contribution in [3.63, 3.8) is 0 Å². The third-order valence-corrected chi connectivity index (χ3v) is 5.99. The zero-order valence-electron chi connectivity index (χ0n) is 21.2. The fourth-order valence-electron chi connectivity index (χ4n) is 4.04. The maximum Gasteiger partial charge on any atom is 0.326 e. The number of fused-ring (bicyclic) bond motifs is 1. The average Bonchev–Trinajstić information content (AvgIpc) is 3.29. The number of halogens is 1. The van der Waals surface area contributed by atoms with Gasteiger partial charge in [0.1, 0.15) is 11.6 Å². The number of amides is 4. The molecule has 0 saturated carbocycles. The first-order valence-corrected chi connectivity index (χ1v) is 11.6. The van der Waals surface area contributed by atoms with E-state index in [9.17, 15) is 14.0 Å². The van der Waals surface area contributed by atoms with Crippen LogP contribution in [0.4, 0.5) is 42.7 Å². The van der Waals surface area contributed by atoms with Gasteiger partial charge in [0, 0.05) is 35.9 Å². The predicted molar refractivity (Wildman–Crippen MR) is 137 cm³/mol. The highest BCUT2D eigenvalue weighted by atomic mass is 19.1. The number of anilines is 5. The summed E-state index contributed by atoms with van der Waals surface area (Å²) >= 11 is 0. The predicted octanol–water partition coefficient (Wildman–Crippen LogP) is 5.61. The molecule has 3 heterocycles. The third-order valence-electron chi connectivity index (χ3n) is 5.99. The summed E-state index contributed by atoms with van der Waals surface area (Å²) in [6.07, 6.45) is 2.40. The molecule has 4 amide bonds. The van der Waals surface area contributed by atoms with Crippen LogP contribution >= 0.6 is 0 Å². The Labute approximate surface area is 208 Å². The van der Waals surface area contributed by atoms with Gasteiger partial charge in [0.15, 0.2) is 0 Å². The van der Waals surface area contributed by atoms with Crippen LogP contribution in [-0.2, 0) is 18.4 Å². The Morgan fingerprint density at radius 2 is 2.00 bits per heavy atom. The number of urea groups is 2. The van der Waals surface area contributed by atoms with Crippen molar-refractivity contribution in [2.75, 3.05) is 33.2 Å². The lowest BCUT2D eigenvalue weighted by molar-refractivity contribution is 0.256. The highest BCUT2D eigenvalue weighted by Crippen LogP contribution is 2.36. The Morgan fingerprint density at radius 1 is 1.25 bits per heavy atom. The van der Waals surface area contributed by atoms with E-state index in [0.717, 1.165) is 16.8 Å². The van der Waals surface area contributed by atoms with Gasteiger partial charge in [0.25, 0.3) is 0 Å². The molecule has 1 aliphatic rings. The average molecular weight is 496 g/mol. The van der Waals surface area contributed by atoms with E-state index in [0.29, 0.717) is 29.2 Å². The summed E-state index contributed by atoms with van der Waals surface area (Å²) in [6, 6.07) is 3.27. The molecule has 4 rings (SSSR count). The van der Waals surface area contributed by atoms with Gasteiger partial charge < -0.3 is 20.5 Å². The van der Waals surface area contributed by atoms with Crippen molar-refractivity contribution in [1.82, 2.24) is 10.1 Å². The summed E-state index contributed by atoms with van der Waals surface area (Å²) < 4.78 is 19.9. The van der Waals surface area contributed by atoms with Crippen molar-refractivity contribution >= 4 is 40.8 Å². The smallest absolute Gasteiger partial charge is 0.326 e. The van der Waals surface area contributed by atoms with Crippen molar-refractivity contribution in [1.29, 1.82) is 0 Å². The first kappa shape index (κ1) is 25.0. The molecule has 0 spiro atoms. The highest BCUT2D eigenvalue weighted by Gasteiger charge is 2.29. The van der Waals surface area contributed by atoms with E-state index in [1.54, 1.807) is 26.2 Å². The van der Waals surface area contributed by atoms with Gasteiger partial charge in [-0.1, -0.05) is 32.9 Å². The van der Waals surface area contributed by atoms with Gasteiger partial charge in [0.2, 0.25) is 5.88 Å². The molecule has 4 N–H and O–H groups in total. The van der Waals surface area contributed by atoms with Crippen LogP contribution in [0.1, 0.15) is 50.1 Å². The number of rotatable bonds is 5. The number of carbonyl (C=O) groups is 2. The SMILES string of the molecule is CCc1c(NC)ncc2c1NC(=O)N(c1cc(NC(=O)Nc3cc(C(C)(C)C)no3)c(F)cc1C)C2. The van der Waals surface area contributed by atoms with Crippen LogP contribution in [0.2, 0.25) is 0 Å². The molecule has 0 radical (unpaired) electrons. The summed E-state index contributed by atoms with van der Waals surface area (Å²) in [7, 11) is 1.78. The standard InChI is InChI=1S/C25H30FN7O3/c1-7-15-21-14(11-28-22(15)27-6)12-33(24(35)31-21)18-9-17(16(26)8-13(18)2)29-23(34)30-20-10-19(32-36-20)25(3,4)5/h8-11H,7,12H2,1-6H3,(H,27,28)(H,31,35)(H2,29,30,34).